The molecule has 21 heavy (non-hydrogen) atoms. The molecule has 0 heterocycles. The van der Waals surface area contributed by atoms with Gasteiger partial charge in [0.25, 0.3) is 0 Å². The van der Waals surface area contributed by atoms with E-state index in [1.54, 1.807) is 60.7 Å². The second-order valence-corrected chi connectivity index (χ2v) is 3.97. The highest BCUT2D eigenvalue weighted by Gasteiger charge is 2.29. The van der Waals surface area contributed by atoms with E-state index in [4.69, 9.17) is 10.5 Å². The van der Waals surface area contributed by atoms with Crippen molar-refractivity contribution in [2.45, 2.75) is 5.66 Å². The van der Waals surface area contributed by atoms with E-state index >= 15 is 0 Å². The molecule has 0 radical (unpaired) electrons. The second-order valence-electron chi connectivity index (χ2n) is 3.97. The lowest BCUT2D eigenvalue weighted by molar-refractivity contribution is 0.650. The van der Waals surface area contributed by atoms with Gasteiger partial charge in [0, 0.05) is 0 Å². The van der Waals surface area contributed by atoms with Crippen molar-refractivity contribution in [3.63, 3.8) is 0 Å². The molecule has 2 aromatic carbocycles. The minimum Gasteiger partial charge on any atom is -0.192 e. The number of hydrogen-bond donors (Lipinski definition) is 0. The van der Waals surface area contributed by atoms with E-state index < -0.39 is 5.66 Å². The molecule has 0 bridgehead atoms. The van der Waals surface area contributed by atoms with E-state index in [9.17, 15) is 0 Å². The van der Waals surface area contributed by atoms with Crippen LogP contribution in [0, 0.1) is 22.7 Å². The summed E-state index contributed by atoms with van der Waals surface area (Å²) in [5.41, 5.74) is -0.921. The predicted octanol–water partition coefficient (Wildman–Crippen LogP) is 4.30. The zero-order chi connectivity index (χ0) is 15.0. The highest BCUT2D eigenvalue weighted by molar-refractivity contribution is 5.36. The molecule has 0 atom stereocenters. The minimum absolute atomic E-state index is 0.530. The molecule has 6 nitrogen and oxygen atoms in total. The van der Waals surface area contributed by atoms with Gasteiger partial charge in [0.1, 0.15) is 12.1 Å². The summed E-state index contributed by atoms with van der Waals surface area (Å²) in [5.74, 6) is 0. The van der Waals surface area contributed by atoms with Crippen molar-refractivity contribution >= 4 is 11.4 Å². The van der Waals surface area contributed by atoms with Gasteiger partial charge in [-0.2, -0.15) is 20.8 Å². The molecule has 6 heteroatoms. The summed E-state index contributed by atoms with van der Waals surface area (Å²) in [4.78, 5) is 0. The van der Waals surface area contributed by atoms with Crippen LogP contribution in [-0.4, -0.2) is 5.66 Å². The quantitative estimate of drug-likeness (QED) is 0.776. The largest absolute Gasteiger partial charge is 0.359 e. The smallest absolute Gasteiger partial charge is 0.192 e. The molecular formula is C15H10N6. The van der Waals surface area contributed by atoms with Crippen molar-refractivity contribution in [1.29, 1.82) is 10.5 Å². The first kappa shape index (κ1) is 14.0. The molecule has 0 unspecified atom stereocenters. The van der Waals surface area contributed by atoms with Gasteiger partial charge in [-0.05, 0) is 24.3 Å². The predicted molar refractivity (Wildman–Crippen MR) is 75.9 cm³/mol. The van der Waals surface area contributed by atoms with Crippen molar-refractivity contribution in [3.8, 4) is 12.1 Å². The fourth-order valence-corrected chi connectivity index (χ4v) is 1.38. The Morgan fingerprint density at radius 1 is 0.667 bits per heavy atom. The van der Waals surface area contributed by atoms with Gasteiger partial charge in [-0.3, -0.25) is 0 Å². The molecule has 0 spiro atoms. The molecule has 0 fully saturated rings. The molecule has 0 amide bonds. The third-order valence-corrected chi connectivity index (χ3v) is 2.44. The Balaban J connectivity index is 2.26. The van der Waals surface area contributed by atoms with Crippen LogP contribution < -0.4 is 0 Å². The maximum Gasteiger partial charge on any atom is 0.359 e. The number of nitriles is 2. The van der Waals surface area contributed by atoms with E-state index in [-0.39, 0.29) is 0 Å². The van der Waals surface area contributed by atoms with Crippen molar-refractivity contribution in [3.05, 3.63) is 60.7 Å². The van der Waals surface area contributed by atoms with Gasteiger partial charge in [0.05, 0.1) is 11.4 Å². The van der Waals surface area contributed by atoms with Crippen LogP contribution in [0.1, 0.15) is 0 Å². The summed E-state index contributed by atoms with van der Waals surface area (Å²) in [5, 5.41) is 33.5. The van der Waals surface area contributed by atoms with Gasteiger partial charge >= 0.3 is 5.66 Å². The topological polar surface area (TPSA) is 97.0 Å². The lowest BCUT2D eigenvalue weighted by Gasteiger charge is -2.03. The average molecular weight is 274 g/mol. The molecule has 2 rings (SSSR count). The van der Waals surface area contributed by atoms with Crippen LogP contribution in [0.5, 0.6) is 0 Å². The molecule has 0 N–H and O–H groups in total. The molecule has 100 valence electrons. The molecular weight excluding hydrogens is 264 g/mol. The monoisotopic (exact) mass is 274 g/mol. The van der Waals surface area contributed by atoms with Crippen LogP contribution in [0.15, 0.2) is 81.1 Å². The summed E-state index contributed by atoms with van der Waals surface area (Å²) in [6.07, 6.45) is 0. The maximum atomic E-state index is 9.15. The summed E-state index contributed by atoms with van der Waals surface area (Å²) in [6, 6.07) is 21.0. The van der Waals surface area contributed by atoms with Crippen LogP contribution in [-0.2, 0) is 0 Å². The molecule has 0 aliphatic carbocycles. The van der Waals surface area contributed by atoms with Crippen molar-refractivity contribution in [2.24, 2.45) is 20.5 Å². The van der Waals surface area contributed by atoms with Gasteiger partial charge < -0.3 is 0 Å². The summed E-state index contributed by atoms with van der Waals surface area (Å²) in [6.45, 7) is 0. The lowest BCUT2D eigenvalue weighted by Crippen LogP contribution is -2.16. The van der Waals surface area contributed by atoms with Gasteiger partial charge in [0.15, 0.2) is 0 Å². The normalized spacial score (nSPS) is 11.3. The van der Waals surface area contributed by atoms with E-state index in [0.717, 1.165) is 0 Å². The van der Waals surface area contributed by atoms with E-state index in [1.165, 1.54) is 0 Å². The van der Waals surface area contributed by atoms with Crippen molar-refractivity contribution < 1.29 is 0 Å². The number of benzene rings is 2. The Bertz CT molecular complexity index is 657. The molecule has 0 saturated carbocycles. The fraction of sp³-hybridized carbons (Fsp3) is 0.0667. The summed E-state index contributed by atoms with van der Waals surface area (Å²) in [7, 11) is 0. The van der Waals surface area contributed by atoms with Crippen LogP contribution in [0.25, 0.3) is 0 Å². The standard InChI is InChI=1S/C15H10N6/c16-11-15(12-17,20-18-13-7-3-1-4-8-13)21-19-14-9-5-2-6-10-14/h1-10H. The number of nitrogens with zero attached hydrogens (tertiary/aromatic N) is 6. The number of rotatable bonds is 4. The zero-order valence-electron chi connectivity index (χ0n) is 11.0. The summed E-state index contributed by atoms with van der Waals surface area (Å²) < 4.78 is 0. The van der Waals surface area contributed by atoms with E-state index in [0.29, 0.717) is 11.4 Å². The molecule has 2 aromatic rings. The van der Waals surface area contributed by atoms with Gasteiger partial charge in [-0.1, -0.05) is 36.4 Å². The molecule has 0 aliphatic heterocycles. The fourth-order valence-electron chi connectivity index (χ4n) is 1.38. The number of azo groups is 2. The van der Waals surface area contributed by atoms with E-state index in [2.05, 4.69) is 20.5 Å². The van der Waals surface area contributed by atoms with Crippen LogP contribution in [0.2, 0.25) is 0 Å². The average Bonchev–Trinajstić information content (AvgIpc) is 2.58. The van der Waals surface area contributed by atoms with Crippen molar-refractivity contribution in [2.75, 3.05) is 0 Å². The molecule has 0 aromatic heterocycles. The zero-order valence-corrected chi connectivity index (χ0v) is 11.0. The molecule has 0 aliphatic rings. The Morgan fingerprint density at radius 2 is 1.05 bits per heavy atom. The SMILES string of the molecule is N#CC(C#N)(N=Nc1ccccc1)N=Nc1ccccc1. The first-order valence-corrected chi connectivity index (χ1v) is 6.06. The van der Waals surface area contributed by atoms with Gasteiger partial charge in [0.2, 0.25) is 0 Å². The Hall–Kier alpha value is -3.38. The number of hydrogen-bond acceptors (Lipinski definition) is 6. The van der Waals surface area contributed by atoms with Gasteiger partial charge in [-0.15, -0.1) is 10.2 Å². The minimum atomic E-state index is -1.98. The lowest BCUT2D eigenvalue weighted by atomic mass is 10.2. The second kappa shape index (κ2) is 6.69. The third-order valence-electron chi connectivity index (χ3n) is 2.44. The molecule has 0 saturated heterocycles. The van der Waals surface area contributed by atoms with Crippen LogP contribution >= 0.6 is 0 Å². The first-order chi connectivity index (χ1) is 10.3. The van der Waals surface area contributed by atoms with Crippen molar-refractivity contribution in [1.82, 2.24) is 0 Å². The van der Waals surface area contributed by atoms with E-state index in [1.807, 2.05) is 12.1 Å². The maximum absolute atomic E-state index is 9.15. The van der Waals surface area contributed by atoms with Gasteiger partial charge in [-0.25, -0.2) is 0 Å². The summed E-state index contributed by atoms with van der Waals surface area (Å²) >= 11 is 0. The Labute approximate surface area is 121 Å². The first-order valence-electron chi connectivity index (χ1n) is 6.06. The third kappa shape index (κ3) is 3.79. The Kier molecular flexibility index (Phi) is 4.47. The van der Waals surface area contributed by atoms with Crippen LogP contribution in [0.3, 0.4) is 0 Å². The highest BCUT2D eigenvalue weighted by atomic mass is 15.3. The Morgan fingerprint density at radius 3 is 1.38 bits per heavy atom. The highest BCUT2D eigenvalue weighted by Crippen LogP contribution is 2.20. The van der Waals surface area contributed by atoms with Crippen LogP contribution in [0.4, 0.5) is 11.4 Å².